The molecular weight excluding hydrogens is 449 g/mol. The first-order valence-electron chi connectivity index (χ1n) is 10.8. The molecule has 2 aromatic carbocycles. The van der Waals surface area contributed by atoms with Crippen LogP contribution in [0.15, 0.2) is 53.6 Å². The molecule has 5 nitrogen and oxygen atoms in total. The van der Waals surface area contributed by atoms with E-state index in [4.69, 9.17) is 9.47 Å². The van der Waals surface area contributed by atoms with Crippen LogP contribution in [0.25, 0.3) is 10.8 Å². The molecule has 0 heterocycles. The molecule has 0 unspecified atom stereocenters. The Morgan fingerprint density at radius 2 is 1.32 bits per heavy atom. The van der Waals surface area contributed by atoms with Crippen molar-refractivity contribution in [2.45, 2.75) is 58.9 Å². The summed E-state index contributed by atoms with van der Waals surface area (Å²) in [5.74, 6) is -6.94. The number of hydrogen-bond donors (Lipinski definition) is 0. The quantitative estimate of drug-likeness (QED) is 0.411. The van der Waals surface area contributed by atoms with Gasteiger partial charge in [0.15, 0.2) is 5.78 Å². The Labute approximate surface area is 195 Å². The monoisotopic (exact) mass is 476 g/mol. The third-order valence-electron chi connectivity index (χ3n) is 5.15. The summed E-state index contributed by atoms with van der Waals surface area (Å²) in [7, 11) is 0. The summed E-state index contributed by atoms with van der Waals surface area (Å²) in [5, 5.41) is 1.46. The molecule has 0 saturated carbocycles. The Balaban J connectivity index is 2.14. The number of carbonyl (C=O) groups excluding carboxylic acids is 3. The number of halogens is 3. The highest BCUT2D eigenvalue weighted by Gasteiger charge is 2.61. The van der Waals surface area contributed by atoms with Gasteiger partial charge in [0.25, 0.3) is 0 Å². The molecule has 0 bridgehead atoms. The second-order valence-corrected chi connectivity index (χ2v) is 10.2. The van der Waals surface area contributed by atoms with E-state index in [-0.39, 0.29) is 5.56 Å². The van der Waals surface area contributed by atoms with Crippen molar-refractivity contribution in [3.8, 4) is 0 Å². The van der Waals surface area contributed by atoms with E-state index < -0.39 is 58.1 Å². The molecule has 0 spiro atoms. The molecule has 0 saturated heterocycles. The second kappa shape index (κ2) is 8.56. The van der Waals surface area contributed by atoms with Crippen LogP contribution in [0, 0.1) is 11.8 Å². The van der Waals surface area contributed by atoms with Gasteiger partial charge in [-0.05, 0) is 58.4 Å². The predicted molar refractivity (Wildman–Crippen MR) is 120 cm³/mol. The number of Topliss-reactive ketones (excluding diaryl/α,β-unsaturated/α-hetero) is 1. The Morgan fingerprint density at radius 1 is 0.765 bits per heavy atom. The number of hydrogen-bond acceptors (Lipinski definition) is 5. The Bertz CT molecular complexity index is 1180. The van der Waals surface area contributed by atoms with Gasteiger partial charge in [-0.15, -0.1) is 0 Å². The summed E-state index contributed by atoms with van der Waals surface area (Å²) in [5.41, 5.74) is -4.39. The normalized spacial score (nSPS) is 19.0. The molecule has 3 rings (SSSR count). The number of rotatable bonds is 4. The van der Waals surface area contributed by atoms with Gasteiger partial charge in [0, 0.05) is 5.56 Å². The van der Waals surface area contributed by atoms with Crippen LogP contribution >= 0.6 is 0 Å². The smallest absolute Gasteiger partial charge is 0.413 e. The summed E-state index contributed by atoms with van der Waals surface area (Å²) >= 11 is 0. The molecule has 182 valence electrons. The van der Waals surface area contributed by atoms with Gasteiger partial charge in [0.1, 0.15) is 17.1 Å². The topological polar surface area (TPSA) is 69.7 Å². The highest BCUT2D eigenvalue weighted by molar-refractivity contribution is 6.11. The molecule has 0 aliphatic heterocycles. The predicted octanol–water partition coefficient (Wildman–Crippen LogP) is 5.81. The Hall–Kier alpha value is -3.16. The lowest BCUT2D eigenvalue weighted by Gasteiger charge is -2.40. The maximum atomic E-state index is 14.1. The number of alkyl halides is 3. The summed E-state index contributed by atoms with van der Waals surface area (Å²) in [6.07, 6.45) is -5.03. The maximum Gasteiger partial charge on any atom is 0.413 e. The molecule has 0 aromatic heterocycles. The average molecular weight is 476 g/mol. The van der Waals surface area contributed by atoms with Crippen LogP contribution in [0.5, 0.6) is 0 Å². The highest BCUT2D eigenvalue weighted by Crippen LogP contribution is 2.52. The van der Waals surface area contributed by atoms with Crippen molar-refractivity contribution in [1.29, 1.82) is 0 Å². The van der Waals surface area contributed by atoms with E-state index in [0.29, 0.717) is 5.39 Å². The van der Waals surface area contributed by atoms with E-state index in [2.05, 4.69) is 0 Å². The van der Waals surface area contributed by atoms with Crippen LogP contribution in [-0.4, -0.2) is 35.1 Å². The van der Waals surface area contributed by atoms with Crippen molar-refractivity contribution in [2.75, 3.05) is 0 Å². The molecule has 2 aromatic rings. The number of esters is 2. The van der Waals surface area contributed by atoms with Crippen molar-refractivity contribution in [2.24, 2.45) is 11.8 Å². The zero-order valence-electron chi connectivity index (χ0n) is 19.9. The standard InChI is InChI=1S/C26H27F3O5/c1-24(2,3)33-22(31)17-18(20(26(27,28)29)19(17)23(32)34-25(4,5)6)21(30)16-12-11-14-9-7-8-10-15(14)13-16/h7-13,17-18H,1-6H3/t17-,18-/m1/s1. The maximum absolute atomic E-state index is 14.1. The molecule has 0 fully saturated rings. The zero-order valence-corrected chi connectivity index (χ0v) is 19.9. The van der Waals surface area contributed by atoms with Crippen LogP contribution in [0.3, 0.4) is 0 Å². The minimum atomic E-state index is -5.03. The summed E-state index contributed by atoms with van der Waals surface area (Å²) < 4.78 is 52.8. The average Bonchev–Trinajstić information content (AvgIpc) is 2.62. The fourth-order valence-corrected chi connectivity index (χ4v) is 3.89. The molecule has 0 N–H and O–H groups in total. The number of allylic oxidation sites excluding steroid dienone is 1. The first-order valence-corrected chi connectivity index (χ1v) is 10.8. The number of fused-ring (bicyclic) bond motifs is 1. The summed E-state index contributed by atoms with van der Waals surface area (Å²) in [6.45, 7) is 9.13. The highest BCUT2D eigenvalue weighted by atomic mass is 19.4. The molecule has 1 aliphatic carbocycles. The van der Waals surface area contributed by atoms with E-state index in [1.165, 1.54) is 32.9 Å². The third kappa shape index (κ3) is 5.32. The van der Waals surface area contributed by atoms with E-state index in [0.717, 1.165) is 5.39 Å². The van der Waals surface area contributed by atoms with Gasteiger partial charge in [-0.25, -0.2) is 4.79 Å². The fraction of sp³-hybridized carbons (Fsp3) is 0.423. The fourth-order valence-electron chi connectivity index (χ4n) is 3.89. The van der Waals surface area contributed by atoms with Gasteiger partial charge in [-0.1, -0.05) is 36.4 Å². The van der Waals surface area contributed by atoms with Gasteiger partial charge in [0.2, 0.25) is 0 Å². The van der Waals surface area contributed by atoms with Gasteiger partial charge in [0.05, 0.1) is 17.1 Å². The van der Waals surface area contributed by atoms with Crippen LogP contribution in [0.2, 0.25) is 0 Å². The van der Waals surface area contributed by atoms with E-state index in [1.807, 2.05) is 0 Å². The first kappa shape index (κ1) is 25.5. The lowest BCUT2D eigenvalue weighted by molar-refractivity contribution is -0.168. The van der Waals surface area contributed by atoms with Crippen LogP contribution in [0.4, 0.5) is 13.2 Å². The van der Waals surface area contributed by atoms with Crippen LogP contribution in [0.1, 0.15) is 51.9 Å². The van der Waals surface area contributed by atoms with Gasteiger partial charge < -0.3 is 9.47 Å². The molecule has 1 aliphatic rings. The number of benzene rings is 2. The lowest BCUT2D eigenvalue weighted by Crippen LogP contribution is -2.51. The minimum absolute atomic E-state index is 0.00208. The molecular formula is C26H27F3O5. The van der Waals surface area contributed by atoms with Gasteiger partial charge in [-0.3, -0.25) is 9.59 Å². The van der Waals surface area contributed by atoms with E-state index in [9.17, 15) is 27.6 Å². The van der Waals surface area contributed by atoms with E-state index >= 15 is 0 Å². The van der Waals surface area contributed by atoms with E-state index in [1.54, 1.807) is 51.1 Å². The molecule has 8 heteroatoms. The van der Waals surface area contributed by atoms with Crippen LogP contribution < -0.4 is 0 Å². The first-order chi connectivity index (χ1) is 15.5. The number of ketones is 1. The molecule has 0 amide bonds. The summed E-state index contributed by atoms with van der Waals surface area (Å²) in [6, 6.07) is 11.6. The number of carbonyl (C=O) groups is 3. The van der Waals surface area contributed by atoms with Crippen molar-refractivity contribution in [3.05, 3.63) is 59.2 Å². The molecule has 0 radical (unpaired) electrons. The van der Waals surface area contributed by atoms with Gasteiger partial charge in [-0.2, -0.15) is 13.2 Å². The van der Waals surface area contributed by atoms with Crippen molar-refractivity contribution in [3.63, 3.8) is 0 Å². The Kier molecular flexibility index (Phi) is 6.41. The van der Waals surface area contributed by atoms with Gasteiger partial charge >= 0.3 is 18.1 Å². The molecule has 34 heavy (non-hydrogen) atoms. The third-order valence-corrected chi connectivity index (χ3v) is 5.15. The van der Waals surface area contributed by atoms with Crippen molar-refractivity contribution >= 4 is 28.5 Å². The molecule has 2 atom stereocenters. The van der Waals surface area contributed by atoms with Crippen LogP contribution in [-0.2, 0) is 19.1 Å². The second-order valence-electron chi connectivity index (χ2n) is 10.2. The van der Waals surface area contributed by atoms with Crippen molar-refractivity contribution in [1.82, 2.24) is 0 Å². The zero-order chi connectivity index (χ0) is 25.6. The minimum Gasteiger partial charge on any atom is -0.459 e. The lowest BCUT2D eigenvalue weighted by atomic mass is 9.64. The summed E-state index contributed by atoms with van der Waals surface area (Å²) in [4.78, 5) is 39.1. The SMILES string of the molecule is CC(C)(C)OC(=O)C1=C(C(F)(F)F)[C@H](C(=O)c2ccc3ccccc3c2)[C@H]1C(=O)OC(C)(C)C. The van der Waals surface area contributed by atoms with Crippen molar-refractivity contribution < 1.29 is 37.0 Å². The Morgan fingerprint density at radius 3 is 1.85 bits per heavy atom. The number of ether oxygens (including phenoxy) is 2. The largest absolute Gasteiger partial charge is 0.459 e.